The van der Waals surface area contributed by atoms with Crippen molar-refractivity contribution in [1.82, 2.24) is 0 Å². The summed E-state index contributed by atoms with van der Waals surface area (Å²) in [5.41, 5.74) is 7.67. The number of rotatable bonds is 2. The van der Waals surface area contributed by atoms with Crippen LogP contribution in [-0.4, -0.2) is 5.91 Å². The van der Waals surface area contributed by atoms with E-state index >= 15 is 0 Å². The van der Waals surface area contributed by atoms with Crippen molar-refractivity contribution in [3.8, 4) is 6.07 Å². The number of nitrogens with one attached hydrogen (secondary N) is 1. The molecule has 1 heterocycles. The fourth-order valence-electron chi connectivity index (χ4n) is 2.02. The molecular formula is C16H11N3O2. The van der Waals surface area contributed by atoms with E-state index in [1.807, 2.05) is 24.3 Å². The maximum absolute atomic E-state index is 12.2. The summed E-state index contributed by atoms with van der Waals surface area (Å²) in [7, 11) is 0. The molecule has 5 nitrogen and oxygen atoms in total. The second-order valence-corrected chi connectivity index (χ2v) is 4.52. The van der Waals surface area contributed by atoms with E-state index in [1.54, 1.807) is 24.3 Å². The number of amides is 1. The molecule has 0 unspecified atom stereocenters. The largest absolute Gasteiger partial charge is 0.451 e. The normalized spacial score (nSPS) is 10.2. The van der Waals surface area contributed by atoms with E-state index in [1.165, 1.54) is 6.07 Å². The molecule has 3 rings (SSSR count). The minimum atomic E-state index is -0.386. The van der Waals surface area contributed by atoms with Crippen LogP contribution in [0, 0.1) is 11.3 Å². The first kappa shape index (κ1) is 12.8. The number of nitrogen functional groups attached to an aromatic ring is 1. The van der Waals surface area contributed by atoms with Gasteiger partial charge >= 0.3 is 0 Å². The summed E-state index contributed by atoms with van der Waals surface area (Å²) in [6.07, 6.45) is 0. The summed E-state index contributed by atoms with van der Waals surface area (Å²) in [6, 6.07) is 15.7. The molecule has 0 aliphatic carbocycles. The highest BCUT2D eigenvalue weighted by molar-refractivity contribution is 6.06. The first-order chi connectivity index (χ1) is 10.2. The van der Waals surface area contributed by atoms with Crippen molar-refractivity contribution in [2.75, 3.05) is 11.1 Å². The van der Waals surface area contributed by atoms with E-state index in [2.05, 4.69) is 5.32 Å². The summed E-state index contributed by atoms with van der Waals surface area (Å²) in [6.45, 7) is 0. The second kappa shape index (κ2) is 5.02. The van der Waals surface area contributed by atoms with E-state index in [4.69, 9.17) is 15.4 Å². The first-order valence-electron chi connectivity index (χ1n) is 6.27. The Morgan fingerprint density at radius 3 is 2.71 bits per heavy atom. The lowest BCUT2D eigenvalue weighted by atomic mass is 10.2. The van der Waals surface area contributed by atoms with Gasteiger partial charge in [0, 0.05) is 5.39 Å². The van der Waals surface area contributed by atoms with Gasteiger partial charge in [-0.25, -0.2) is 0 Å². The molecule has 0 saturated heterocycles. The van der Waals surface area contributed by atoms with Crippen molar-refractivity contribution < 1.29 is 9.21 Å². The van der Waals surface area contributed by atoms with Crippen LogP contribution in [0.25, 0.3) is 11.0 Å². The van der Waals surface area contributed by atoms with Crippen LogP contribution in [-0.2, 0) is 0 Å². The zero-order valence-corrected chi connectivity index (χ0v) is 11.0. The van der Waals surface area contributed by atoms with Gasteiger partial charge < -0.3 is 15.5 Å². The SMILES string of the molecule is N#Cc1ccc(NC(=O)c2cc3ccccc3o2)c(N)c1. The third-order valence-corrected chi connectivity index (χ3v) is 3.08. The van der Waals surface area contributed by atoms with Crippen molar-refractivity contribution in [3.05, 3.63) is 59.9 Å². The molecule has 3 aromatic rings. The van der Waals surface area contributed by atoms with E-state index in [9.17, 15) is 4.79 Å². The molecular weight excluding hydrogens is 266 g/mol. The van der Waals surface area contributed by atoms with Gasteiger partial charge in [0.05, 0.1) is 23.0 Å². The predicted molar refractivity (Wildman–Crippen MR) is 79.7 cm³/mol. The second-order valence-electron chi connectivity index (χ2n) is 4.52. The van der Waals surface area contributed by atoms with Gasteiger partial charge in [-0.2, -0.15) is 5.26 Å². The van der Waals surface area contributed by atoms with Gasteiger partial charge in [-0.1, -0.05) is 18.2 Å². The smallest absolute Gasteiger partial charge is 0.291 e. The Hall–Kier alpha value is -3.26. The molecule has 3 N–H and O–H groups in total. The molecule has 5 heteroatoms. The van der Waals surface area contributed by atoms with Crippen LogP contribution in [0.1, 0.15) is 16.1 Å². The minimum Gasteiger partial charge on any atom is -0.451 e. The van der Waals surface area contributed by atoms with Crippen LogP contribution in [0.2, 0.25) is 0 Å². The number of benzene rings is 2. The highest BCUT2D eigenvalue weighted by atomic mass is 16.3. The maximum Gasteiger partial charge on any atom is 0.291 e. The number of para-hydroxylation sites is 1. The lowest BCUT2D eigenvalue weighted by Gasteiger charge is -2.06. The topological polar surface area (TPSA) is 92.0 Å². The Morgan fingerprint density at radius 1 is 1.19 bits per heavy atom. The van der Waals surface area contributed by atoms with Gasteiger partial charge in [-0.05, 0) is 30.3 Å². The molecule has 0 bridgehead atoms. The third kappa shape index (κ3) is 2.42. The summed E-state index contributed by atoms with van der Waals surface area (Å²) in [5, 5.41) is 12.3. The van der Waals surface area contributed by atoms with E-state index in [0.29, 0.717) is 22.5 Å². The minimum absolute atomic E-state index is 0.208. The Morgan fingerprint density at radius 2 is 2.00 bits per heavy atom. The Kier molecular flexibility index (Phi) is 3.05. The van der Waals surface area contributed by atoms with Crippen LogP contribution in [0.4, 0.5) is 11.4 Å². The molecule has 21 heavy (non-hydrogen) atoms. The number of anilines is 2. The molecule has 0 aliphatic rings. The van der Waals surface area contributed by atoms with Crippen LogP contribution in [0.3, 0.4) is 0 Å². The van der Waals surface area contributed by atoms with E-state index < -0.39 is 0 Å². The maximum atomic E-state index is 12.2. The monoisotopic (exact) mass is 277 g/mol. The fourth-order valence-corrected chi connectivity index (χ4v) is 2.02. The number of furan rings is 1. The molecule has 102 valence electrons. The third-order valence-electron chi connectivity index (χ3n) is 3.08. The Balaban J connectivity index is 1.88. The van der Waals surface area contributed by atoms with Crippen molar-refractivity contribution in [2.45, 2.75) is 0 Å². The first-order valence-corrected chi connectivity index (χ1v) is 6.27. The molecule has 1 amide bonds. The van der Waals surface area contributed by atoms with Gasteiger partial charge in [-0.3, -0.25) is 4.79 Å². The predicted octanol–water partition coefficient (Wildman–Crippen LogP) is 3.14. The fraction of sp³-hybridized carbons (Fsp3) is 0. The molecule has 0 atom stereocenters. The standard InChI is InChI=1S/C16H11N3O2/c17-9-10-5-6-13(12(18)7-10)19-16(20)15-8-11-3-1-2-4-14(11)21-15/h1-8H,18H2,(H,19,20). The Labute approximate surface area is 120 Å². The summed E-state index contributed by atoms with van der Waals surface area (Å²) in [4.78, 5) is 12.2. The lowest BCUT2D eigenvalue weighted by molar-refractivity contribution is 0.0999. The average molecular weight is 277 g/mol. The van der Waals surface area contributed by atoms with Gasteiger partial charge in [0.2, 0.25) is 0 Å². The molecule has 2 aromatic carbocycles. The van der Waals surface area contributed by atoms with E-state index in [0.717, 1.165) is 5.39 Å². The quantitative estimate of drug-likeness (QED) is 0.704. The highest BCUT2D eigenvalue weighted by Crippen LogP contribution is 2.23. The zero-order chi connectivity index (χ0) is 14.8. The number of nitriles is 1. The van der Waals surface area contributed by atoms with E-state index in [-0.39, 0.29) is 11.7 Å². The van der Waals surface area contributed by atoms with Crippen molar-refractivity contribution in [3.63, 3.8) is 0 Å². The number of carbonyl (C=O) groups is 1. The van der Waals surface area contributed by atoms with Crippen molar-refractivity contribution in [1.29, 1.82) is 5.26 Å². The van der Waals surface area contributed by atoms with Crippen LogP contribution < -0.4 is 11.1 Å². The van der Waals surface area contributed by atoms with Gasteiger partial charge in [0.1, 0.15) is 5.58 Å². The summed E-state index contributed by atoms with van der Waals surface area (Å²) >= 11 is 0. The average Bonchev–Trinajstić information content (AvgIpc) is 2.93. The van der Waals surface area contributed by atoms with Crippen molar-refractivity contribution >= 4 is 28.3 Å². The molecule has 0 radical (unpaired) electrons. The Bertz CT molecular complexity index is 842. The molecule has 1 aromatic heterocycles. The molecule has 0 saturated carbocycles. The zero-order valence-electron chi connectivity index (χ0n) is 11.0. The van der Waals surface area contributed by atoms with Gasteiger partial charge in [0.25, 0.3) is 5.91 Å². The number of nitrogens with two attached hydrogens (primary N) is 1. The number of fused-ring (bicyclic) bond motifs is 1. The molecule has 0 aliphatic heterocycles. The van der Waals surface area contributed by atoms with Crippen molar-refractivity contribution in [2.24, 2.45) is 0 Å². The van der Waals surface area contributed by atoms with Crippen LogP contribution >= 0.6 is 0 Å². The van der Waals surface area contributed by atoms with Gasteiger partial charge in [0.15, 0.2) is 5.76 Å². The molecule has 0 fully saturated rings. The summed E-state index contributed by atoms with van der Waals surface area (Å²) < 4.78 is 5.48. The van der Waals surface area contributed by atoms with Crippen LogP contribution in [0.5, 0.6) is 0 Å². The number of nitrogens with zero attached hydrogens (tertiary/aromatic N) is 1. The number of hydrogen-bond donors (Lipinski definition) is 2. The number of carbonyl (C=O) groups excluding carboxylic acids is 1. The highest BCUT2D eigenvalue weighted by Gasteiger charge is 2.13. The summed E-state index contributed by atoms with van der Waals surface area (Å²) in [5.74, 6) is -0.178. The number of hydrogen-bond acceptors (Lipinski definition) is 4. The van der Waals surface area contributed by atoms with Crippen LogP contribution in [0.15, 0.2) is 52.9 Å². The lowest BCUT2D eigenvalue weighted by Crippen LogP contribution is -2.12. The molecule has 0 spiro atoms. The van der Waals surface area contributed by atoms with Gasteiger partial charge in [-0.15, -0.1) is 0 Å².